The van der Waals surface area contributed by atoms with Gasteiger partial charge in [-0.25, -0.2) is 21.6 Å². The molecule has 1 heterocycles. The number of carbonyl (C=O) groups excluding carboxylic acids is 1. The smallest absolute Gasteiger partial charge is 0.215 e. The van der Waals surface area contributed by atoms with Crippen molar-refractivity contribution in [3.63, 3.8) is 0 Å². The Hall–Kier alpha value is -0.710. The number of rotatable bonds is 9. The molecule has 1 rings (SSSR count). The lowest BCUT2D eigenvalue weighted by molar-refractivity contribution is -0.109. The molecule has 112 valence electrons. The van der Waals surface area contributed by atoms with Gasteiger partial charge in [-0.2, -0.15) is 0 Å². The first-order valence-corrected chi connectivity index (χ1v) is 9.31. The molecule has 1 amide bonds. The van der Waals surface area contributed by atoms with Crippen molar-refractivity contribution in [2.45, 2.75) is 11.7 Å². The summed E-state index contributed by atoms with van der Waals surface area (Å²) in [5, 5.41) is 4.56. The van der Waals surface area contributed by atoms with E-state index in [4.69, 9.17) is 0 Å². The lowest BCUT2D eigenvalue weighted by Crippen LogP contribution is -2.39. The Morgan fingerprint density at radius 3 is 2.42 bits per heavy atom. The van der Waals surface area contributed by atoms with Crippen LogP contribution in [0.25, 0.3) is 0 Å². The van der Waals surface area contributed by atoms with Gasteiger partial charge in [0, 0.05) is 26.2 Å². The van der Waals surface area contributed by atoms with Gasteiger partial charge in [0.1, 0.15) is 0 Å². The minimum Gasteiger partial charge on any atom is -0.357 e. The number of amides is 1. The maximum Gasteiger partial charge on any atom is 0.215 e. The molecule has 0 bridgehead atoms. The van der Waals surface area contributed by atoms with Crippen LogP contribution in [0.4, 0.5) is 0 Å². The van der Waals surface area contributed by atoms with Crippen LogP contribution < -0.4 is 15.4 Å². The molecule has 0 aliphatic carbocycles. The van der Waals surface area contributed by atoms with Crippen LogP contribution in [0.2, 0.25) is 0 Å². The van der Waals surface area contributed by atoms with Crippen LogP contribution >= 0.6 is 0 Å². The van der Waals surface area contributed by atoms with E-state index in [0.29, 0.717) is 26.0 Å². The van der Waals surface area contributed by atoms with Gasteiger partial charge in [-0.3, -0.25) is 4.79 Å². The average molecular weight is 313 g/mol. The van der Waals surface area contributed by atoms with E-state index in [1.54, 1.807) is 0 Å². The summed E-state index contributed by atoms with van der Waals surface area (Å²) in [4.78, 5) is 9.95. The fourth-order valence-corrected chi connectivity index (χ4v) is 5.83. The summed E-state index contributed by atoms with van der Waals surface area (Å²) >= 11 is 0. The Morgan fingerprint density at radius 2 is 1.84 bits per heavy atom. The Labute approximate surface area is 113 Å². The first-order chi connectivity index (χ1) is 8.87. The Bertz CT molecular complexity index is 488. The molecular weight excluding hydrogens is 294 g/mol. The zero-order valence-electron chi connectivity index (χ0n) is 10.5. The van der Waals surface area contributed by atoms with E-state index < -0.39 is 25.1 Å². The van der Waals surface area contributed by atoms with E-state index in [0.717, 1.165) is 0 Å². The molecule has 0 aromatic rings. The fraction of sp³-hybridized carbons (Fsp3) is 0.889. The highest BCUT2D eigenvalue weighted by molar-refractivity contribution is 7.95. The van der Waals surface area contributed by atoms with E-state index in [9.17, 15) is 21.6 Å². The molecule has 0 aromatic carbocycles. The molecule has 8 nitrogen and oxygen atoms in total. The summed E-state index contributed by atoms with van der Waals surface area (Å²) in [6, 6.07) is 0. The fourth-order valence-electron chi connectivity index (χ4n) is 1.75. The molecule has 0 aromatic heterocycles. The van der Waals surface area contributed by atoms with Crippen LogP contribution in [0.5, 0.6) is 0 Å². The lowest BCUT2D eigenvalue weighted by atomic mass is 10.4. The molecule has 0 spiro atoms. The number of sulfonamides is 1. The molecule has 10 heteroatoms. The van der Waals surface area contributed by atoms with Crippen LogP contribution in [0, 0.1) is 0 Å². The van der Waals surface area contributed by atoms with Gasteiger partial charge in [-0.05, 0) is 6.42 Å². The van der Waals surface area contributed by atoms with Crippen molar-refractivity contribution >= 4 is 26.3 Å². The zero-order chi connectivity index (χ0) is 14.4. The monoisotopic (exact) mass is 313 g/mol. The third-order valence-electron chi connectivity index (χ3n) is 2.76. The van der Waals surface area contributed by atoms with E-state index >= 15 is 0 Å². The van der Waals surface area contributed by atoms with Crippen LogP contribution in [0.1, 0.15) is 6.42 Å². The second-order valence-electron chi connectivity index (χ2n) is 4.29. The normalized spacial score (nSPS) is 22.2. The molecule has 1 saturated heterocycles. The molecule has 0 radical (unpaired) electrons. The summed E-state index contributed by atoms with van der Waals surface area (Å²) in [6.07, 6.45) is 0.749. The highest BCUT2D eigenvalue weighted by atomic mass is 32.2. The summed E-state index contributed by atoms with van der Waals surface area (Å²) in [6.45, 7) is 1.62. The first-order valence-electron chi connectivity index (χ1n) is 5.94. The molecule has 1 fully saturated rings. The quantitative estimate of drug-likeness (QED) is 0.318. The number of nitrogens with one attached hydrogen (secondary N) is 3. The zero-order valence-corrected chi connectivity index (χ0v) is 12.1. The topological polar surface area (TPSA) is 121 Å². The van der Waals surface area contributed by atoms with Crippen LogP contribution in [0.15, 0.2) is 0 Å². The number of sulfone groups is 1. The van der Waals surface area contributed by atoms with Crippen molar-refractivity contribution in [2.24, 2.45) is 0 Å². The molecule has 1 atom stereocenters. The van der Waals surface area contributed by atoms with Crippen molar-refractivity contribution in [3.05, 3.63) is 0 Å². The Morgan fingerprint density at radius 1 is 1.16 bits per heavy atom. The predicted octanol–water partition coefficient (Wildman–Crippen LogP) is -2.57. The number of hydrogen-bond donors (Lipinski definition) is 3. The van der Waals surface area contributed by atoms with Crippen molar-refractivity contribution < 1.29 is 21.6 Å². The minimum absolute atomic E-state index is 0.0613. The Kier molecular flexibility index (Phi) is 6.17. The van der Waals surface area contributed by atoms with Gasteiger partial charge >= 0.3 is 0 Å². The Balaban J connectivity index is 2.23. The number of carbonyl (C=O) groups is 1. The van der Waals surface area contributed by atoms with Crippen LogP contribution in [-0.2, 0) is 24.7 Å². The van der Waals surface area contributed by atoms with Gasteiger partial charge in [0.15, 0.2) is 9.84 Å². The average Bonchev–Trinajstić information content (AvgIpc) is 2.69. The second-order valence-corrected chi connectivity index (χ2v) is 8.56. The van der Waals surface area contributed by atoms with Crippen LogP contribution in [0.3, 0.4) is 0 Å². The van der Waals surface area contributed by atoms with Crippen molar-refractivity contribution in [2.75, 3.05) is 37.7 Å². The van der Waals surface area contributed by atoms with Crippen molar-refractivity contribution in [1.29, 1.82) is 0 Å². The molecule has 3 N–H and O–H groups in total. The van der Waals surface area contributed by atoms with Gasteiger partial charge < -0.3 is 10.6 Å². The maximum absolute atomic E-state index is 11.8. The van der Waals surface area contributed by atoms with Gasteiger partial charge in [0.25, 0.3) is 0 Å². The van der Waals surface area contributed by atoms with Crippen molar-refractivity contribution in [1.82, 2.24) is 15.4 Å². The molecule has 19 heavy (non-hydrogen) atoms. The predicted molar refractivity (Wildman–Crippen MR) is 70.9 cm³/mol. The van der Waals surface area contributed by atoms with Crippen molar-refractivity contribution in [3.8, 4) is 0 Å². The van der Waals surface area contributed by atoms with E-state index in [1.807, 2.05) is 0 Å². The molecular formula is C9H19N3O5S2. The van der Waals surface area contributed by atoms with Gasteiger partial charge in [0.05, 0.1) is 16.8 Å². The highest BCUT2D eigenvalue weighted by Crippen LogP contribution is 2.17. The van der Waals surface area contributed by atoms with Gasteiger partial charge in [0.2, 0.25) is 16.4 Å². The summed E-state index contributed by atoms with van der Waals surface area (Å²) < 4.78 is 48.4. The molecule has 0 saturated carbocycles. The van der Waals surface area contributed by atoms with Gasteiger partial charge in [-0.1, -0.05) is 0 Å². The minimum atomic E-state index is -3.57. The molecule has 1 aliphatic rings. The first kappa shape index (κ1) is 16.3. The largest absolute Gasteiger partial charge is 0.357 e. The second kappa shape index (κ2) is 7.17. The summed E-state index contributed by atoms with van der Waals surface area (Å²) in [5.41, 5.74) is 0. The lowest BCUT2D eigenvalue weighted by Gasteiger charge is -2.11. The van der Waals surface area contributed by atoms with Crippen LogP contribution in [-0.4, -0.2) is 66.2 Å². The third-order valence-corrected chi connectivity index (χ3v) is 6.63. The highest BCUT2D eigenvalue weighted by Gasteiger charge is 2.36. The maximum atomic E-state index is 11.8. The third kappa shape index (κ3) is 5.85. The number of hydrogen-bond acceptors (Lipinski definition) is 6. The standard InChI is InChI=1S/C9H19N3O5S2/c13-8-11-3-2-10-4-5-12-19(16,17)9-1-6-18(14,15)7-9/h8-10,12H,1-7H2,(H,11,13)/t9-/m1/s1. The summed E-state index contributed by atoms with van der Waals surface area (Å²) in [5.74, 6) is -0.354. The van der Waals surface area contributed by atoms with E-state index in [-0.39, 0.29) is 24.5 Å². The SMILES string of the molecule is O=CNCCNCCNS(=O)(=O)[C@@H]1CCS(=O)(=O)C1. The van der Waals surface area contributed by atoms with E-state index in [1.165, 1.54) is 0 Å². The molecule has 0 unspecified atom stereocenters. The van der Waals surface area contributed by atoms with E-state index in [2.05, 4.69) is 15.4 Å². The summed E-state index contributed by atoms with van der Waals surface area (Å²) in [7, 11) is -6.77. The van der Waals surface area contributed by atoms with Gasteiger partial charge in [-0.15, -0.1) is 0 Å². The molecule has 1 aliphatic heterocycles.